The molecule has 1 fully saturated rings. The molecule has 0 aliphatic carbocycles. The summed E-state index contributed by atoms with van der Waals surface area (Å²) in [7, 11) is 0. The monoisotopic (exact) mass is 357 g/mol. The first kappa shape index (κ1) is 18.5. The lowest BCUT2D eigenvalue weighted by Crippen LogP contribution is -2.49. The van der Waals surface area contributed by atoms with Crippen molar-refractivity contribution in [3.8, 4) is 0 Å². The van der Waals surface area contributed by atoms with Crippen molar-refractivity contribution in [3.05, 3.63) is 35.1 Å². The third-order valence-electron chi connectivity index (χ3n) is 5.51. The van der Waals surface area contributed by atoms with Crippen molar-refractivity contribution in [3.63, 3.8) is 0 Å². The molecule has 0 spiro atoms. The lowest BCUT2D eigenvalue weighted by atomic mass is 9.97. The fourth-order valence-corrected chi connectivity index (χ4v) is 3.86. The van der Waals surface area contributed by atoms with Crippen LogP contribution in [0.1, 0.15) is 49.8 Å². The largest absolute Gasteiger partial charge is 0.464 e. The van der Waals surface area contributed by atoms with Gasteiger partial charge in [0.15, 0.2) is 6.61 Å². The molecule has 0 saturated carbocycles. The van der Waals surface area contributed by atoms with Crippen molar-refractivity contribution in [2.75, 3.05) is 6.61 Å². The summed E-state index contributed by atoms with van der Waals surface area (Å²) < 4.78 is 10.9. The van der Waals surface area contributed by atoms with Crippen LogP contribution in [0.2, 0.25) is 0 Å². The summed E-state index contributed by atoms with van der Waals surface area (Å²) in [5.74, 6) is -0.516. The molecule has 2 aromatic rings. The summed E-state index contributed by atoms with van der Waals surface area (Å²) in [6.07, 6.45) is 4.86. The van der Waals surface area contributed by atoms with Crippen LogP contribution in [0.15, 0.2) is 22.8 Å². The molecule has 0 N–H and O–H groups in total. The Morgan fingerprint density at radius 3 is 2.58 bits per heavy atom. The van der Waals surface area contributed by atoms with Gasteiger partial charge in [0.2, 0.25) is 0 Å². The van der Waals surface area contributed by atoms with Crippen LogP contribution >= 0.6 is 0 Å². The van der Waals surface area contributed by atoms with E-state index in [0.717, 1.165) is 46.9 Å². The van der Waals surface area contributed by atoms with E-state index in [-0.39, 0.29) is 31.0 Å². The van der Waals surface area contributed by atoms with Gasteiger partial charge in [-0.05, 0) is 58.1 Å². The Kier molecular flexibility index (Phi) is 5.35. The molecule has 1 aliphatic rings. The molecule has 1 amide bonds. The lowest BCUT2D eigenvalue weighted by Gasteiger charge is -2.38. The van der Waals surface area contributed by atoms with E-state index in [9.17, 15) is 9.59 Å². The molecule has 5 heteroatoms. The number of likely N-dealkylation sites (tertiary alicyclic amines) is 1. The highest BCUT2D eigenvalue weighted by Crippen LogP contribution is 2.27. The van der Waals surface area contributed by atoms with Crippen molar-refractivity contribution in [1.29, 1.82) is 0 Å². The number of amides is 1. The maximum Gasteiger partial charge on any atom is 0.310 e. The Morgan fingerprint density at radius 2 is 1.88 bits per heavy atom. The number of benzene rings is 1. The molecule has 3 rings (SSSR count). The number of hydrogen-bond donors (Lipinski definition) is 0. The summed E-state index contributed by atoms with van der Waals surface area (Å²) in [4.78, 5) is 26.5. The standard InChI is InChI=1S/C21H27NO4/c1-13-8-9-18-17(11-26-21(18)16(13)4)10-20(24)25-12-19(23)22-14(2)6-5-7-15(22)3/h8-9,11,14-15H,5-7,10,12H2,1-4H3. The molecule has 140 valence electrons. The lowest BCUT2D eigenvalue weighted by molar-refractivity contribution is -0.154. The van der Waals surface area contributed by atoms with Crippen LogP contribution in [0, 0.1) is 13.8 Å². The first-order chi connectivity index (χ1) is 12.4. The second-order valence-electron chi connectivity index (χ2n) is 7.41. The predicted octanol–water partition coefficient (Wildman–Crippen LogP) is 3.92. The van der Waals surface area contributed by atoms with Crippen molar-refractivity contribution >= 4 is 22.8 Å². The van der Waals surface area contributed by atoms with E-state index < -0.39 is 5.97 Å². The number of rotatable bonds is 4. The summed E-state index contributed by atoms with van der Waals surface area (Å²) in [5, 5.41) is 0.926. The number of hydrogen-bond acceptors (Lipinski definition) is 4. The molecule has 1 aliphatic heterocycles. The fourth-order valence-electron chi connectivity index (χ4n) is 3.86. The normalized spacial score (nSPS) is 20.4. The van der Waals surface area contributed by atoms with Crippen LogP contribution in [-0.4, -0.2) is 35.5 Å². The average Bonchev–Trinajstić information content (AvgIpc) is 2.99. The summed E-state index contributed by atoms with van der Waals surface area (Å²) in [5.41, 5.74) is 3.82. The van der Waals surface area contributed by atoms with E-state index in [0.29, 0.717) is 0 Å². The topological polar surface area (TPSA) is 59.8 Å². The first-order valence-electron chi connectivity index (χ1n) is 9.31. The zero-order valence-electron chi connectivity index (χ0n) is 16.0. The number of furan rings is 1. The van der Waals surface area contributed by atoms with E-state index in [1.165, 1.54) is 0 Å². The highest BCUT2D eigenvalue weighted by atomic mass is 16.5. The zero-order chi connectivity index (χ0) is 18.8. The highest BCUT2D eigenvalue weighted by Gasteiger charge is 2.29. The molecular formula is C21H27NO4. The van der Waals surface area contributed by atoms with Crippen molar-refractivity contribution in [1.82, 2.24) is 4.90 Å². The molecule has 2 unspecified atom stereocenters. The SMILES string of the molecule is Cc1ccc2c(CC(=O)OCC(=O)N3C(C)CCCC3C)coc2c1C. The molecule has 2 heterocycles. The quantitative estimate of drug-likeness (QED) is 0.778. The average molecular weight is 357 g/mol. The maximum atomic E-state index is 12.5. The summed E-state index contributed by atoms with van der Waals surface area (Å²) in [6.45, 7) is 7.94. The number of piperidine rings is 1. The summed E-state index contributed by atoms with van der Waals surface area (Å²) >= 11 is 0. The van der Waals surface area contributed by atoms with Gasteiger partial charge < -0.3 is 14.1 Å². The van der Waals surface area contributed by atoms with Gasteiger partial charge in [-0.3, -0.25) is 9.59 Å². The second-order valence-corrected chi connectivity index (χ2v) is 7.41. The zero-order valence-corrected chi connectivity index (χ0v) is 16.0. The molecule has 1 aromatic heterocycles. The van der Waals surface area contributed by atoms with E-state index in [1.54, 1.807) is 6.26 Å². The van der Waals surface area contributed by atoms with Gasteiger partial charge in [0.1, 0.15) is 5.58 Å². The van der Waals surface area contributed by atoms with Crippen LogP contribution in [0.3, 0.4) is 0 Å². The van der Waals surface area contributed by atoms with Crippen LogP contribution in [0.5, 0.6) is 0 Å². The molecular weight excluding hydrogens is 330 g/mol. The van der Waals surface area contributed by atoms with Crippen LogP contribution in [-0.2, 0) is 20.7 Å². The van der Waals surface area contributed by atoms with E-state index in [2.05, 4.69) is 13.8 Å². The number of fused-ring (bicyclic) bond motifs is 1. The smallest absolute Gasteiger partial charge is 0.310 e. The number of carbonyl (C=O) groups is 2. The minimum Gasteiger partial charge on any atom is -0.464 e. The van der Waals surface area contributed by atoms with E-state index in [4.69, 9.17) is 9.15 Å². The van der Waals surface area contributed by atoms with Gasteiger partial charge in [-0.1, -0.05) is 12.1 Å². The van der Waals surface area contributed by atoms with Gasteiger partial charge >= 0.3 is 5.97 Å². The van der Waals surface area contributed by atoms with Crippen LogP contribution < -0.4 is 0 Å². The third-order valence-corrected chi connectivity index (χ3v) is 5.51. The van der Waals surface area contributed by atoms with E-state index >= 15 is 0 Å². The summed E-state index contributed by atoms with van der Waals surface area (Å²) in [6, 6.07) is 4.39. The third kappa shape index (κ3) is 3.62. The minimum absolute atomic E-state index is 0.105. The Bertz CT molecular complexity index is 813. The fraction of sp³-hybridized carbons (Fsp3) is 0.524. The molecule has 0 bridgehead atoms. The van der Waals surface area contributed by atoms with Gasteiger partial charge in [0.25, 0.3) is 5.91 Å². The molecule has 1 saturated heterocycles. The van der Waals surface area contributed by atoms with Crippen molar-refractivity contribution in [2.45, 2.75) is 65.5 Å². The first-order valence-corrected chi connectivity index (χ1v) is 9.31. The highest BCUT2D eigenvalue weighted by molar-refractivity contribution is 5.89. The molecule has 2 atom stereocenters. The Hall–Kier alpha value is -2.30. The minimum atomic E-state index is -0.406. The number of esters is 1. The van der Waals surface area contributed by atoms with Gasteiger partial charge in [-0.2, -0.15) is 0 Å². The predicted molar refractivity (Wildman–Crippen MR) is 100.0 cm³/mol. The van der Waals surface area contributed by atoms with E-state index in [1.807, 2.05) is 30.9 Å². The van der Waals surface area contributed by atoms with Gasteiger partial charge in [-0.15, -0.1) is 0 Å². The second kappa shape index (κ2) is 7.52. The number of carbonyl (C=O) groups excluding carboxylic acids is 2. The van der Waals surface area contributed by atoms with Crippen LogP contribution in [0.25, 0.3) is 11.0 Å². The molecule has 26 heavy (non-hydrogen) atoms. The maximum absolute atomic E-state index is 12.5. The van der Waals surface area contributed by atoms with Gasteiger partial charge in [0.05, 0.1) is 12.7 Å². The molecule has 0 radical (unpaired) electrons. The molecule has 5 nitrogen and oxygen atoms in total. The van der Waals surface area contributed by atoms with Gasteiger partial charge in [0, 0.05) is 23.0 Å². The molecule has 1 aromatic carbocycles. The van der Waals surface area contributed by atoms with Crippen molar-refractivity contribution in [2.24, 2.45) is 0 Å². The number of nitrogens with zero attached hydrogens (tertiary/aromatic N) is 1. The number of ether oxygens (including phenoxy) is 1. The van der Waals surface area contributed by atoms with Gasteiger partial charge in [-0.25, -0.2) is 0 Å². The van der Waals surface area contributed by atoms with Crippen molar-refractivity contribution < 1.29 is 18.7 Å². The van der Waals surface area contributed by atoms with Crippen LogP contribution in [0.4, 0.5) is 0 Å². The number of aryl methyl sites for hydroxylation is 2. The Labute approximate surface area is 154 Å². The Balaban J connectivity index is 1.61. The Morgan fingerprint density at radius 1 is 1.19 bits per heavy atom.